The van der Waals surface area contributed by atoms with Gasteiger partial charge in [-0.05, 0) is 5.92 Å². The molecule has 67 heavy (non-hydrogen) atoms. The fourth-order valence-corrected chi connectivity index (χ4v) is 11.6. The van der Waals surface area contributed by atoms with E-state index in [1.54, 1.807) is 41.5 Å². The van der Waals surface area contributed by atoms with E-state index in [2.05, 4.69) is 0 Å². The third kappa shape index (κ3) is 6.83. The number of ether oxygens (including phenoxy) is 12. The van der Waals surface area contributed by atoms with Crippen molar-refractivity contribution in [3.63, 3.8) is 0 Å². The first-order valence-corrected chi connectivity index (χ1v) is 21.7. The van der Waals surface area contributed by atoms with Crippen LogP contribution >= 0.6 is 0 Å². The summed E-state index contributed by atoms with van der Waals surface area (Å²) in [4.78, 5) is 35.9. The number of hydrogen-bond donors (Lipinski definition) is 3. The lowest BCUT2D eigenvalue weighted by atomic mass is 9.54. The highest BCUT2D eigenvalue weighted by molar-refractivity contribution is 5.53. The van der Waals surface area contributed by atoms with Gasteiger partial charge in [0.1, 0.15) is 34.0 Å². The molecule has 6 heterocycles. The molecule has 0 spiro atoms. The lowest BCUT2D eigenvalue weighted by Crippen LogP contribution is -2.63. The van der Waals surface area contributed by atoms with E-state index in [0.717, 1.165) is 0 Å². The summed E-state index contributed by atoms with van der Waals surface area (Å²) < 4.78 is 79.7. The van der Waals surface area contributed by atoms with Gasteiger partial charge in [-0.2, -0.15) is 0 Å². The van der Waals surface area contributed by atoms with E-state index in [1.165, 1.54) is 41.5 Å². The highest BCUT2D eigenvalue weighted by Crippen LogP contribution is 2.69. The molecule has 6 aliphatic heterocycles. The second kappa shape index (κ2) is 14.1. The molecular weight excluding hydrogens is 894 g/mol. The van der Waals surface area contributed by atoms with E-state index in [1.807, 2.05) is 0 Å². The van der Waals surface area contributed by atoms with E-state index in [4.69, 9.17) is 56.8 Å². The van der Waals surface area contributed by atoms with Gasteiger partial charge in [-0.1, -0.05) is 0 Å². The molecule has 6 atom stereocenters. The first kappa shape index (κ1) is 46.7. The van der Waals surface area contributed by atoms with Crippen molar-refractivity contribution in [3.8, 4) is 0 Å². The maximum Gasteiger partial charge on any atom is 0.245 e. The third-order valence-corrected chi connectivity index (χ3v) is 13.0. The van der Waals surface area contributed by atoms with Crippen LogP contribution in [0, 0.1) is 54.0 Å². The van der Waals surface area contributed by atoms with Crippen molar-refractivity contribution in [3.05, 3.63) is 98.9 Å². The van der Waals surface area contributed by atoms with Crippen LogP contribution in [0.25, 0.3) is 0 Å². The van der Waals surface area contributed by atoms with Crippen LogP contribution in [-0.2, 0) is 56.8 Å². The molecule has 0 radical (unpaired) electrons. The molecule has 9 rings (SSSR count). The predicted molar refractivity (Wildman–Crippen MR) is 219 cm³/mol. The minimum absolute atomic E-state index is 0.143. The van der Waals surface area contributed by atoms with Gasteiger partial charge in [0.15, 0.2) is 51.4 Å². The van der Waals surface area contributed by atoms with Crippen molar-refractivity contribution >= 4 is 0 Å². The maximum absolute atomic E-state index is 12.6. The van der Waals surface area contributed by atoms with E-state index in [9.17, 15) is 45.7 Å². The Morgan fingerprint density at radius 2 is 0.657 bits per heavy atom. The van der Waals surface area contributed by atoms with Gasteiger partial charge in [0.05, 0.1) is 37.6 Å². The Labute approximate surface area is 383 Å². The molecule has 0 bridgehead atoms. The van der Waals surface area contributed by atoms with Gasteiger partial charge < -0.3 is 72.2 Å². The van der Waals surface area contributed by atoms with E-state index in [-0.39, 0.29) is 68.6 Å². The molecular formula is C43H55N3O21. The number of rotatable bonds is 12. The number of aliphatic hydroxyl groups excluding tert-OH is 3. The summed E-state index contributed by atoms with van der Waals surface area (Å²) in [7, 11) is 0. The molecule has 24 nitrogen and oxygen atoms in total. The van der Waals surface area contributed by atoms with Gasteiger partial charge in [0.25, 0.3) is 0 Å². The lowest BCUT2D eigenvalue weighted by Gasteiger charge is -2.53. The van der Waals surface area contributed by atoms with Crippen molar-refractivity contribution < 1.29 is 86.9 Å². The normalized spacial score (nSPS) is 35.2. The summed E-state index contributed by atoms with van der Waals surface area (Å²) >= 11 is 0. The number of aliphatic hydroxyl groups is 3. The summed E-state index contributed by atoms with van der Waals surface area (Å²) in [5, 5.41) is 74.3. The minimum Gasteiger partial charge on any atom is -0.463 e. The summed E-state index contributed by atoms with van der Waals surface area (Å²) in [6, 6.07) is 0. The first-order valence-electron chi connectivity index (χ1n) is 21.7. The molecule has 3 aliphatic carbocycles. The molecule has 0 aromatic heterocycles. The van der Waals surface area contributed by atoms with Crippen LogP contribution in [0.5, 0.6) is 0 Å². The lowest BCUT2D eigenvalue weighted by molar-refractivity contribution is -0.471. The van der Waals surface area contributed by atoms with Crippen LogP contribution in [0.1, 0.15) is 83.1 Å². The average Bonchev–Trinajstić information content (AvgIpc) is 3.98. The smallest absolute Gasteiger partial charge is 0.245 e. The van der Waals surface area contributed by atoms with Gasteiger partial charge >= 0.3 is 0 Å². The second-order valence-corrected chi connectivity index (χ2v) is 20.8. The zero-order valence-corrected chi connectivity index (χ0v) is 39.1. The van der Waals surface area contributed by atoms with Crippen LogP contribution in [0.15, 0.2) is 68.6 Å². The molecule has 24 heteroatoms. The van der Waals surface area contributed by atoms with Crippen LogP contribution in [-0.4, -0.2) is 121 Å². The zero-order valence-electron chi connectivity index (χ0n) is 39.1. The van der Waals surface area contributed by atoms with Crippen molar-refractivity contribution in [2.45, 2.75) is 135 Å². The van der Waals surface area contributed by atoms with E-state index >= 15 is 0 Å². The number of fused-ring (bicyclic) bond motifs is 3. The van der Waals surface area contributed by atoms with Crippen molar-refractivity contribution in [1.82, 2.24) is 0 Å². The molecule has 9 aliphatic rings. The van der Waals surface area contributed by atoms with Gasteiger partial charge in [0.2, 0.25) is 54.4 Å². The molecule has 6 unspecified atom stereocenters. The summed E-state index contributed by atoms with van der Waals surface area (Å²) in [5.74, 6) is -17.8. The maximum atomic E-state index is 12.6. The van der Waals surface area contributed by atoms with Crippen LogP contribution in [0.4, 0.5) is 0 Å². The Morgan fingerprint density at radius 1 is 0.418 bits per heavy atom. The number of hydrogen-bond acceptors (Lipinski definition) is 21. The highest BCUT2D eigenvalue weighted by Gasteiger charge is 2.77. The van der Waals surface area contributed by atoms with Crippen LogP contribution in [0.3, 0.4) is 0 Å². The molecule has 0 amide bonds. The highest BCUT2D eigenvalue weighted by atomic mass is 16.8. The monoisotopic (exact) mass is 949 g/mol. The van der Waals surface area contributed by atoms with Gasteiger partial charge in [-0.15, -0.1) is 0 Å². The van der Waals surface area contributed by atoms with Gasteiger partial charge in [-0.3, -0.25) is 30.3 Å². The largest absolute Gasteiger partial charge is 0.463 e. The standard InChI is InChI=1S/C43H55N3O21/c1-35(2)56-26-19(13-44(50)51)32-41(16-47,65-38(7,8)62-32)23(29(26)59-35)22(24-30-27(57-36(3,4)60-30)20(14-45(52)53)33-42(24,17-48)66-39(9,10)63-33)25-31-28(58-37(5,6)61-31)21(15-46(54)55)34-43(25,18-49)67-40(11,12)64-34/h22-25,47-49H,13-18H2,1-12H3. The SMILES string of the molecule is CC1(C)OC2=C(O1)C(C(C1C3=C(OC(C)(C)O3)C(C[N+](=O)[O-])=C3OC(C)(C)OC31CO)C1C3=C(OC(C)(C)O3)C(C[N+](=O)[O-])=C3OC(C)(C)OC31CO)C1(CO)OC(C)(C)OC1=C2C[N+](=O)[O-]. The average molecular weight is 950 g/mol. The van der Waals surface area contributed by atoms with E-state index in [0.29, 0.717) is 0 Å². The van der Waals surface area contributed by atoms with Crippen LogP contribution < -0.4 is 0 Å². The Kier molecular flexibility index (Phi) is 9.82. The topological polar surface area (TPSA) is 301 Å². The molecule has 0 aromatic rings. The molecule has 3 saturated heterocycles. The van der Waals surface area contributed by atoms with E-state index < -0.39 is 129 Å². The summed E-state index contributed by atoms with van der Waals surface area (Å²) in [6.45, 7) is 12.7. The van der Waals surface area contributed by atoms with Gasteiger partial charge in [-0.25, -0.2) is 0 Å². The Hall–Kier alpha value is -5.40. The van der Waals surface area contributed by atoms with Gasteiger partial charge in [0, 0.05) is 97.9 Å². The second-order valence-electron chi connectivity index (χ2n) is 20.8. The fraction of sp³-hybridized carbons (Fsp3) is 0.721. The molecule has 368 valence electrons. The number of nitro groups is 3. The molecule has 3 fully saturated rings. The predicted octanol–water partition coefficient (Wildman–Crippen LogP) is 3.61. The first-order chi connectivity index (χ1) is 30.8. The van der Waals surface area contributed by atoms with Crippen molar-refractivity contribution in [1.29, 1.82) is 0 Å². The summed E-state index contributed by atoms with van der Waals surface area (Å²) in [5.41, 5.74) is -7.14. The Morgan fingerprint density at radius 3 is 0.866 bits per heavy atom. The number of nitrogens with zero attached hydrogens (tertiary/aromatic N) is 3. The Balaban J connectivity index is 1.47. The molecule has 0 saturated carbocycles. The molecule has 0 aromatic carbocycles. The minimum atomic E-state index is -2.24. The van der Waals surface area contributed by atoms with Crippen molar-refractivity contribution in [2.75, 3.05) is 39.5 Å². The molecule has 3 N–H and O–H groups in total. The van der Waals surface area contributed by atoms with Crippen LogP contribution in [0.2, 0.25) is 0 Å². The zero-order chi connectivity index (χ0) is 49.2. The Bertz CT molecular complexity index is 2210. The quantitative estimate of drug-likeness (QED) is 0.186. The summed E-state index contributed by atoms with van der Waals surface area (Å²) in [6.07, 6.45) is 0. The fourth-order valence-electron chi connectivity index (χ4n) is 11.6. The third-order valence-electron chi connectivity index (χ3n) is 13.0. The van der Waals surface area contributed by atoms with Crippen molar-refractivity contribution in [2.24, 2.45) is 23.7 Å².